The second-order valence-electron chi connectivity index (χ2n) is 2.36. The van der Waals surface area contributed by atoms with E-state index in [0.717, 1.165) is 0 Å². The molecule has 0 aliphatic carbocycles. The molecule has 12 heavy (non-hydrogen) atoms. The summed E-state index contributed by atoms with van der Waals surface area (Å²) in [6, 6.07) is 0. The molecule has 70 valence electrons. The van der Waals surface area contributed by atoms with Crippen LogP contribution in [-0.2, 0) is 4.79 Å². The van der Waals surface area contributed by atoms with Crippen LogP contribution in [0.4, 0.5) is 0 Å². The lowest BCUT2D eigenvalue weighted by Crippen LogP contribution is -2.40. The first-order valence-corrected chi connectivity index (χ1v) is 3.91. The summed E-state index contributed by atoms with van der Waals surface area (Å²) in [5.41, 5.74) is 10.9. The van der Waals surface area contributed by atoms with Crippen molar-refractivity contribution in [1.82, 2.24) is 4.90 Å². The minimum absolute atomic E-state index is 0.246. The molecule has 0 fully saturated rings. The third-order valence-electron chi connectivity index (χ3n) is 1.38. The molecule has 4 N–H and O–H groups in total. The smallest absolute Gasteiger partial charge is 0.245 e. The molecular weight excluding hydrogens is 156 g/mol. The maximum atomic E-state index is 10.6. The van der Waals surface area contributed by atoms with Crippen LogP contribution in [0.5, 0.6) is 0 Å². The number of guanidine groups is 1. The zero-order chi connectivity index (χ0) is 9.56. The fourth-order valence-corrected chi connectivity index (χ4v) is 0.823. The minimum Gasteiger partial charge on any atom is -0.369 e. The van der Waals surface area contributed by atoms with E-state index >= 15 is 0 Å². The number of aliphatic imine (C=N–C) groups is 1. The Morgan fingerprint density at radius 3 is 2.50 bits per heavy atom. The van der Waals surface area contributed by atoms with Gasteiger partial charge in [-0.1, -0.05) is 0 Å². The highest BCUT2D eigenvalue weighted by molar-refractivity contribution is 5.91. The molecule has 0 aromatic heterocycles. The molecule has 0 aliphatic heterocycles. The molecule has 0 aromatic rings. The Kier molecular flexibility index (Phi) is 5.03. The van der Waals surface area contributed by atoms with Gasteiger partial charge >= 0.3 is 0 Å². The molecule has 0 heterocycles. The van der Waals surface area contributed by atoms with Crippen molar-refractivity contribution in [2.45, 2.75) is 13.8 Å². The van der Waals surface area contributed by atoms with Crippen LogP contribution in [0, 0.1) is 0 Å². The fraction of sp³-hybridized carbons (Fsp3) is 0.714. The summed E-state index contributed by atoms with van der Waals surface area (Å²) in [7, 11) is 0. The van der Waals surface area contributed by atoms with Gasteiger partial charge in [-0.25, -0.2) is 0 Å². The number of amides is 1. The zero-order valence-corrected chi connectivity index (χ0v) is 7.58. The lowest BCUT2D eigenvalue weighted by molar-refractivity contribution is -0.115. The molecule has 0 radical (unpaired) electrons. The standard InChI is InChI=1S/C7H16N4O/c1-3-11(5-4-8)7(9)10-6(2)12/h3-5,8H2,1-2H3,(H2,9,10,12). The van der Waals surface area contributed by atoms with Gasteiger partial charge in [-0.3, -0.25) is 4.79 Å². The Morgan fingerprint density at radius 2 is 2.17 bits per heavy atom. The van der Waals surface area contributed by atoms with Crippen molar-refractivity contribution < 1.29 is 4.79 Å². The second kappa shape index (κ2) is 5.54. The van der Waals surface area contributed by atoms with E-state index < -0.39 is 0 Å². The molecule has 0 rings (SSSR count). The Hall–Kier alpha value is -1.10. The highest BCUT2D eigenvalue weighted by Gasteiger charge is 2.03. The van der Waals surface area contributed by atoms with Gasteiger partial charge in [0.15, 0.2) is 5.96 Å². The third kappa shape index (κ3) is 3.92. The number of carbonyl (C=O) groups is 1. The van der Waals surface area contributed by atoms with Gasteiger partial charge in [0, 0.05) is 26.6 Å². The lowest BCUT2D eigenvalue weighted by Gasteiger charge is -2.19. The van der Waals surface area contributed by atoms with E-state index in [9.17, 15) is 4.79 Å². The summed E-state index contributed by atoms with van der Waals surface area (Å²) in [4.78, 5) is 15.9. The zero-order valence-electron chi connectivity index (χ0n) is 7.58. The van der Waals surface area contributed by atoms with Crippen molar-refractivity contribution in [3.05, 3.63) is 0 Å². The second-order valence-corrected chi connectivity index (χ2v) is 2.36. The average molecular weight is 172 g/mol. The number of nitrogens with two attached hydrogens (primary N) is 2. The van der Waals surface area contributed by atoms with Gasteiger partial charge in [-0.15, -0.1) is 0 Å². The molecule has 0 unspecified atom stereocenters. The first-order valence-electron chi connectivity index (χ1n) is 3.91. The van der Waals surface area contributed by atoms with Crippen LogP contribution < -0.4 is 11.5 Å². The number of carbonyl (C=O) groups excluding carboxylic acids is 1. The Bertz CT molecular complexity index is 178. The molecule has 0 saturated carbocycles. The molecule has 0 bridgehead atoms. The van der Waals surface area contributed by atoms with Crippen molar-refractivity contribution in [1.29, 1.82) is 0 Å². The normalized spacial score (nSPS) is 11.4. The van der Waals surface area contributed by atoms with Gasteiger partial charge in [0.25, 0.3) is 0 Å². The molecule has 1 amide bonds. The van der Waals surface area contributed by atoms with Gasteiger partial charge in [0.2, 0.25) is 5.91 Å². The predicted octanol–water partition coefficient (Wildman–Crippen LogP) is -0.872. The summed E-state index contributed by atoms with van der Waals surface area (Å²) >= 11 is 0. The van der Waals surface area contributed by atoms with Gasteiger partial charge in [-0.2, -0.15) is 4.99 Å². The van der Waals surface area contributed by atoms with Crippen molar-refractivity contribution >= 4 is 11.9 Å². The van der Waals surface area contributed by atoms with Crippen molar-refractivity contribution in [2.24, 2.45) is 16.5 Å². The van der Waals surface area contributed by atoms with Crippen molar-refractivity contribution in [3.8, 4) is 0 Å². The number of rotatable bonds is 3. The Balaban J connectivity index is 4.19. The highest BCUT2D eigenvalue weighted by Crippen LogP contribution is 1.86. The summed E-state index contributed by atoms with van der Waals surface area (Å²) in [6.07, 6.45) is 0. The number of hydrogen-bond acceptors (Lipinski definition) is 2. The van der Waals surface area contributed by atoms with Crippen LogP contribution in [0.15, 0.2) is 4.99 Å². The number of hydrogen-bond donors (Lipinski definition) is 2. The molecule has 0 saturated heterocycles. The average Bonchev–Trinajstić information content (AvgIpc) is 1.98. The quantitative estimate of drug-likeness (QED) is 0.428. The summed E-state index contributed by atoms with van der Waals surface area (Å²) in [5, 5.41) is 0. The molecule has 5 heteroatoms. The van der Waals surface area contributed by atoms with E-state index in [1.165, 1.54) is 6.92 Å². The van der Waals surface area contributed by atoms with E-state index in [-0.39, 0.29) is 11.9 Å². The highest BCUT2D eigenvalue weighted by atomic mass is 16.1. The number of nitrogens with zero attached hydrogens (tertiary/aromatic N) is 2. The topological polar surface area (TPSA) is 84.7 Å². The maximum absolute atomic E-state index is 10.6. The molecule has 0 atom stereocenters. The van der Waals surface area contributed by atoms with E-state index in [1.54, 1.807) is 4.90 Å². The Labute approximate surface area is 72.4 Å². The van der Waals surface area contributed by atoms with E-state index in [4.69, 9.17) is 11.5 Å². The molecule has 0 aliphatic rings. The van der Waals surface area contributed by atoms with Crippen molar-refractivity contribution in [3.63, 3.8) is 0 Å². The molecule has 0 aromatic carbocycles. The van der Waals surface area contributed by atoms with E-state index in [2.05, 4.69) is 4.99 Å². The largest absolute Gasteiger partial charge is 0.369 e. The van der Waals surface area contributed by atoms with Gasteiger partial charge in [0.05, 0.1) is 0 Å². The fourth-order valence-electron chi connectivity index (χ4n) is 0.823. The summed E-state index contributed by atoms with van der Waals surface area (Å²) in [6.45, 7) is 5.13. The predicted molar refractivity (Wildman–Crippen MR) is 48.6 cm³/mol. The summed E-state index contributed by atoms with van der Waals surface area (Å²) in [5.74, 6) is -0.0431. The van der Waals surface area contributed by atoms with Gasteiger partial charge in [0.1, 0.15) is 0 Å². The Morgan fingerprint density at radius 1 is 1.58 bits per heavy atom. The summed E-state index contributed by atoms with van der Waals surface area (Å²) < 4.78 is 0. The van der Waals surface area contributed by atoms with Crippen LogP contribution >= 0.6 is 0 Å². The van der Waals surface area contributed by atoms with E-state index in [1.807, 2.05) is 6.92 Å². The number of likely N-dealkylation sites (N-methyl/N-ethyl adjacent to an activating group) is 1. The SMILES string of the molecule is CCN(CCN)/C(N)=N/C(C)=O. The van der Waals surface area contributed by atoms with Crippen LogP contribution in [0.1, 0.15) is 13.8 Å². The van der Waals surface area contributed by atoms with Crippen molar-refractivity contribution in [2.75, 3.05) is 19.6 Å². The first-order chi connectivity index (χ1) is 5.61. The van der Waals surface area contributed by atoms with Gasteiger partial charge in [-0.05, 0) is 6.92 Å². The van der Waals surface area contributed by atoms with Gasteiger partial charge < -0.3 is 16.4 Å². The first kappa shape index (κ1) is 10.9. The van der Waals surface area contributed by atoms with Crippen LogP contribution in [0.25, 0.3) is 0 Å². The molecule has 5 nitrogen and oxygen atoms in total. The van der Waals surface area contributed by atoms with Crippen LogP contribution in [0.3, 0.4) is 0 Å². The van der Waals surface area contributed by atoms with E-state index in [0.29, 0.717) is 19.6 Å². The van der Waals surface area contributed by atoms with Crippen LogP contribution in [-0.4, -0.2) is 36.4 Å². The molecule has 0 spiro atoms. The lowest BCUT2D eigenvalue weighted by atomic mass is 10.5. The third-order valence-corrected chi connectivity index (χ3v) is 1.38. The van der Waals surface area contributed by atoms with Crippen LogP contribution in [0.2, 0.25) is 0 Å². The molecular formula is C7H16N4O. The minimum atomic E-state index is -0.289. The maximum Gasteiger partial charge on any atom is 0.245 e. The monoisotopic (exact) mass is 172 g/mol.